The molecule has 0 bridgehead atoms. The van der Waals surface area contributed by atoms with Crippen molar-refractivity contribution in [3.05, 3.63) is 47.3 Å². The minimum absolute atomic E-state index is 0.00199. The molecule has 3 aromatic rings. The van der Waals surface area contributed by atoms with Gasteiger partial charge in [0.1, 0.15) is 37.5 Å². The summed E-state index contributed by atoms with van der Waals surface area (Å²) in [4.78, 5) is 103. The molecule has 1 aromatic carbocycles. The number of esters is 1. The summed E-state index contributed by atoms with van der Waals surface area (Å²) in [6, 6.07) is 5.39. The summed E-state index contributed by atoms with van der Waals surface area (Å²) in [7, 11) is 2.24. The predicted octanol–water partition coefficient (Wildman–Crippen LogP) is -2.00. The Morgan fingerprint density at radius 2 is 1.48 bits per heavy atom. The van der Waals surface area contributed by atoms with Gasteiger partial charge in [-0.1, -0.05) is 52.8 Å². The number of anilines is 2. The van der Waals surface area contributed by atoms with Crippen LogP contribution in [0.5, 0.6) is 0 Å². The number of aromatic nitrogens is 4. The largest absolute Gasteiger partial charge is 0.481 e. The van der Waals surface area contributed by atoms with Crippen LogP contribution in [0.3, 0.4) is 0 Å². The molecule has 0 spiro atoms. The van der Waals surface area contributed by atoms with Gasteiger partial charge in [-0.3, -0.25) is 28.8 Å². The molecule has 0 radical (unpaired) electrons. The molecule has 0 saturated heterocycles. The number of amides is 3. The third-order valence-corrected chi connectivity index (χ3v) is 12.2. The maximum atomic E-state index is 12.9. The first-order chi connectivity index (χ1) is 31.3. The number of nitrogens with two attached hydrogens (primary N) is 2. The second-order valence-corrected chi connectivity index (χ2v) is 17.6. The van der Waals surface area contributed by atoms with Gasteiger partial charge in [0, 0.05) is 48.8 Å². The van der Waals surface area contributed by atoms with Gasteiger partial charge >= 0.3 is 17.9 Å². The summed E-state index contributed by atoms with van der Waals surface area (Å²) in [6.07, 6.45) is -5.47. The predicted molar refractivity (Wildman–Crippen MR) is 238 cm³/mol. The molecule has 0 saturated carbocycles. The Balaban J connectivity index is 1.28. The number of carbonyl (C=O) groups excluding carboxylic acids is 5. The van der Waals surface area contributed by atoms with Gasteiger partial charge in [0.15, 0.2) is 22.8 Å². The molecule has 3 rings (SSSR count). The lowest BCUT2D eigenvalue weighted by Crippen LogP contribution is -2.49. The molecular weight excluding hydrogens is 911 g/mol. The maximum absolute atomic E-state index is 12.9. The first-order valence-corrected chi connectivity index (χ1v) is 23.0. The average molecular weight is 966 g/mol. The summed E-state index contributed by atoms with van der Waals surface area (Å²) in [5, 5.41) is 73.9. The van der Waals surface area contributed by atoms with Gasteiger partial charge in [0.25, 0.3) is 0 Å². The van der Waals surface area contributed by atoms with Crippen LogP contribution < -0.4 is 27.4 Å². The van der Waals surface area contributed by atoms with Crippen LogP contribution in [0.15, 0.2) is 30.5 Å². The van der Waals surface area contributed by atoms with Crippen LogP contribution in [0.1, 0.15) is 60.6 Å². The van der Waals surface area contributed by atoms with E-state index in [2.05, 4.69) is 35.9 Å². The smallest absolute Gasteiger partial charge is 0.327 e. The number of benzene rings is 1. The van der Waals surface area contributed by atoms with E-state index >= 15 is 0 Å². The van der Waals surface area contributed by atoms with Gasteiger partial charge in [-0.15, -0.1) is 0 Å². The number of carboxylic acid groups (broad SMARTS) is 2. The standard InChI is InChI=1S/C40H55N9O15S2/c1-20(2-10-29(54)43-16-27(52)33(57)34(58)28(53)18-50)37(59)47-25(39(62)63)19-66-65-13-12-64-31(56)17-44-30(55)11-8-23(38(60)61)14-26(51)22-6-3-21(4-7-22)5-9-24-15-45-36-32(46-24)35(41)48-40(42)49-36/h3-4,6-7,15,20,23,25,27-28,33-34,50,52-53,57-58H,2,5,8-14,16-19H2,1H3,(H,43,54)(H,44,55)(H,47,59)(H,60,61)(H,62,63)(H4,41,42,45,48,49)/t20-,23+,25-,27-,28+,33+,34+/m0/s1. The number of hydrogen-bond acceptors (Lipinski definition) is 21. The van der Waals surface area contributed by atoms with E-state index in [4.69, 9.17) is 21.3 Å². The second kappa shape index (κ2) is 27.6. The number of aryl methyl sites for hydroxylation is 2. The maximum Gasteiger partial charge on any atom is 0.327 e. The Hall–Kier alpha value is -5.77. The number of aliphatic carboxylic acids is 2. The SMILES string of the molecule is C[C@@H](CCC(=O)NC[C@H](O)[C@@H](O)[C@H](O)[C@H](O)CO)C(=O)N[C@@H](CSSCCOC(=O)CNC(=O)CC[C@H](CC(=O)c1ccc(CCc2cnc3nc(N)nc(N)c3n2)cc1)C(=O)O)C(=O)O. The second-order valence-electron chi connectivity index (χ2n) is 14.9. The van der Waals surface area contributed by atoms with Gasteiger partial charge in [-0.2, -0.15) is 9.97 Å². The fourth-order valence-electron chi connectivity index (χ4n) is 5.83. The normalized spacial score (nSPS) is 14.5. The molecule has 14 N–H and O–H groups in total. The van der Waals surface area contributed by atoms with E-state index in [1.54, 1.807) is 30.5 Å². The van der Waals surface area contributed by atoms with E-state index in [1.807, 2.05) is 0 Å². The van der Waals surface area contributed by atoms with Crippen LogP contribution in [0.25, 0.3) is 11.2 Å². The van der Waals surface area contributed by atoms with E-state index in [0.29, 0.717) is 29.6 Å². The van der Waals surface area contributed by atoms with Crippen LogP contribution in [-0.2, 0) is 46.3 Å². The molecule has 0 aliphatic carbocycles. The van der Waals surface area contributed by atoms with Crippen LogP contribution >= 0.6 is 21.6 Å². The lowest BCUT2D eigenvalue weighted by atomic mass is 9.93. The van der Waals surface area contributed by atoms with Crippen molar-refractivity contribution < 1.29 is 74.0 Å². The highest BCUT2D eigenvalue weighted by Gasteiger charge is 2.30. The first-order valence-electron chi connectivity index (χ1n) is 20.5. The highest BCUT2D eigenvalue weighted by Crippen LogP contribution is 2.23. The number of nitrogen functional groups attached to an aromatic ring is 2. The molecule has 0 unspecified atom stereocenters. The van der Waals surface area contributed by atoms with Crippen molar-refractivity contribution in [2.75, 3.05) is 49.3 Å². The molecule has 2 aromatic heterocycles. The van der Waals surface area contributed by atoms with Crippen molar-refractivity contribution in [2.45, 2.75) is 82.3 Å². The van der Waals surface area contributed by atoms with Crippen molar-refractivity contribution in [3.8, 4) is 0 Å². The summed E-state index contributed by atoms with van der Waals surface area (Å²) in [6.45, 7) is -0.478. The van der Waals surface area contributed by atoms with Gasteiger partial charge in [-0.05, 0) is 31.2 Å². The number of hydrogen-bond donors (Lipinski definition) is 12. The zero-order valence-electron chi connectivity index (χ0n) is 35.8. The summed E-state index contributed by atoms with van der Waals surface area (Å²) in [5.41, 5.74) is 13.9. The number of nitrogens with one attached hydrogen (secondary N) is 3. The average Bonchev–Trinajstić information content (AvgIpc) is 3.29. The van der Waals surface area contributed by atoms with Crippen LogP contribution in [-0.4, -0.2) is 165 Å². The van der Waals surface area contributed by atoms with Crippen LogP contribution in [0.2, 0.25) is 0 Å². The number of ketones is 1. The van der Waals surface area contributed by atoms with Crippen molar-refractivity contribution in [3.63, 3.8) is 0 Å². The van der Waals surface area contributed by atoms with E-state index in [9.17, 15) is 64.2 Å². The van der Waals surface area contributed by atoms with E-state index in [-0.39, 0.29) is 67.6 Å². The van der Waals surface area contributed by atoms with Crippen molar-refractivity contribution in [1.29, 1.82) is 0 Å². The molecule has 0 aliphatic rings. The minimum atomic E-state index is -1.86. The molecule has 362 valence electrons. The molecule has 3 amide bonds. The van der Waals surface area contributed by atoms with E-state index < -0.39 is 103 Å². The summed E-state index contributed by atoms with van der Waals surface area (Å²) in [5.74, 6) is -7.32. The molecule has 24 nitrogen and oxygen atoms in total. The zero-order valence-corrected chi connectivity index (χ0v) is 37.4. The fourth-order valence-corrected chi connectivity index (χ4v) is 7.81. The number of nitrogens with zero attached hydrogens (tertiary/aromatic N) is 4. The van der Waals surface area contributed by atoms with E-state index in [1.165, 1.54) is 6.92 Å². The lowest BCUT2D eigenvalue weighted by Gasteiger charge is -2.25. The molecular formula is C40H55N9O15S2. The number of rotatable bonds is 30. The third-order valence-electron chi connectivity index (χ3n) is 9.83. The molecule has 7 atom stereocenters. The number of fused-ring (bicyclic) bond motifs is 1. The van der Waals surface area contributed by atoms with Crippen LogP contribution in [0.4, 0.5) is 11.8 Å². The summed E-state index contributed by atoms with van der Waals surface area (Å²) >= 11 is 0. The number of carbonyl (C=O) groups is 7. The Morgan fingerprint density at radius 3 is 2.15 bits per heavy atom. The quantitative estimate of drug-likeness (QED) is 0.0149. The Morgan fingerprint density at radius 1 is 0.818 bits per heavy atom. The molecule has 0 aliphatic heterocycles. The number of ether oxygens (including phenoxy) is 1. The number of carboxylic acids is 2. The van der Waals surface area contributed by atoms with Gasteiger partial charge in [0.05, 0.1) is 30.5 Å². The Bertz CT molecular complexity index is 2140. The molecule has 2 heterocycles. The van der Waals surface area contributed by atoms with Crippen LogP contribution in [0, 0.1) is 11.8 Å². The molecule has 66 heavy (non-hydrogen) atoms. The first kappa shape index (κ1) is 54.6. The highest BCUT2D eigenvalue weighted by atomic mass is 33.1. The minimum Gasteiger partial charge on any atom is -0.481 e. The highest BCUT2D eigenvalue weighted by molar-refractivity contribution is 8.76. The Labute approximate surface area is 385 Å². The van der Waals surface area contributed by atoms with Crippen molar-refractivity contribution >= 4 is 85.9 Å². The number of Topliss-reactive ketones (excluding diaryl/α,β-unsaturated/α-hetero) is 1. The van der Waals surface area contributed by atoms with Gasteiger partial charge in [0.2, 0.25) is 23.7 Å². The third kappa shape index (κ3) is 18.6. The van der Waals surface area contributed by atoms with E-state index in [0.717, 1.165) is 27.2 Å². The fraction of sp³-hybridized carbons (Fsp3) is 0.525. The molecule has 26 heteroatoms. The zero-order chi connectivity index (χ0) is 48.9. The van der Waals surface area contributed by atoms with Gasteiger partial charge in [-0.25, -0.2) is 14.8 Å². The number of aliphatic hydroxyl groups is 5. The molecule has 0 fully saturated rings. The number of aliphatic hydroxyl groups excluding tert-OH is 5. The lowest BCUT2D eigenvalue weighted by molar-refractivity contribution is -0.144. The van der Waals surface area contributed by atoms with Crippen molar-refractivity contribution in [2.24, 2.45) is 11.8 Å². The van der Waals surface area contributed by atoms with Crippen molar-refractivity contribution in [1.82, 2.24) is 35.9 Å². The topological polar surface area (TPSA) is 410 Å². The van der Waals surface area contributed by atoms with Gasteiger partial charge < -0.3 is 67.9 Å². The monoisotopic (exact) mass is 965 g/mol. The summed E-state index contributed by atoms with van der Waals surface area (Å²) < 4.78 is 5.07. The Kier molecular flexibility index (Phi) is 22.9.